The first-order chi connectivity index (χ1) is 7.67. The van der Waals surface area contributed by atoms with Gasteiger partial charge in [0.15, 0.2) is 12.9 Å². The van der Waals surface area contributed by atoms with Crippen molar-refractivity contribution in [2.75, 3.05) is 13.2 Å². The second kappa shape index (κ2) is 5.75. The topological polar surface area (TPSA) is 72.8 Å². The van der Waals surface area contributed by atoms with Crippen LogP contribution in [0.5, 0.6) is 11.5 Å². The standard InChI is InChI=1S/C11H12O5/c1-2-15-10-5-9(16-7-11(13)14)4-3-8(10)6-12/h3-6H,2,7H2,1H3,(H,13,14). The predicted molar refractivity (Wildman–Crippen MR) is 56.1 cm³/mol. The molecule has 0 aliphatic heterocycles. The highest BCUT2D eigenvalue weighted by Crippen LogP contribution is 2.23. The zero-order chi connectivity index (χ0) is 12.0. The van der Waals surface area contributed by atoms with E-state index >= 15 is 0 Å². The van der Waals surface area contributed by atoms with Crippen LogP contribution in [0.3, 0.4) is 0 Å². The van der Waals surface area contributed by atoms with Crippen molar-refractivity contribution >= 4 is 12.3 Å². The first-order valence-electron chi connectivity index (χ1n) is 4.74. The number of carbonyl (C=O) groups excluding carboxylic acids is 1. The van der Waals surface area contributed by atoms with Gasteiger partial charge in [-0.3, -0.25) is 4.79 Å². The molecule has 0 aromatic heterocycles. The van der Waals surface area contributed by atoms with Gasteiger partial charge in [-0.05, 0) is 19.1 Å². The Morgan fingerprint density at radius 3 is 2.75 bits per heavy atom. The quantitative estimate of drug-likeness (QED) is 0.738. The summed E-state index contributed by atoms with van der Waals surface area (Å²) >= 11 is 0. The van der Waals surface area contributed by atoms with Crippen molar-refractivity contribution in [3.05, 3.63) is 23.8 Å². The number of carboxylic acids is 1. The van der Waals surface area contributed by atoms with E-state index in [-0.39, 0.29) is 0 Å². The molecular weight excluding hydrogens is 212 g/mol. The molecule has 0 aliphatic carbocycles. The van der Waals surface area contributed by atoms with E-state index in [1.54, 1.807) is 6.92 Å². The van der Waals surface area contributed by atoms with Gasteiger partial charge in [0, 0.05) is 6.07 Å². The normalized spacial score (nSPS) is 9.56. The first-order valence-corrected chi connectivity index (χ1v) is 4.74. The Kier molecular flexibility index (Phi) is 4.32. The fourth-order valence-corrected chi connectivity index (χ4v) is 1.13. The molecule has 0 heterocycles. The van der Waals surface area contributed by atoms with E-state index in [1.807, 2.05) is 0 Å². The molecule has 16 heavy (non-hydrogen) atoms. The van der Waals surface area contributed by atoms with E-state index in [9.17, 15) is 9.59 Å². The monoisotopic (exact) mass is 224 g/mol. The van der Waals surface area contributed by atoms with Gasteiger partial charge in [-0.25, -0.2) is 4.79 Å². The summed E-state index contributed by atoms with van der Waals surface area (Å²) in [6, 6.07) is 4.54. The molecule has 5 nitrogen and oxygen atoms in total. The van der Waals surface area contributed by atoms with Gasteiger partial charge < -0.3 is 14.6 Å². The lowest BCUT2D eigenvalue weighted by Gasteiger charge is -2.08. The maximum atomic E-state index is 10.7. The average molecular weight is 224 g/mol. The maximum absolute atomic E-state index is 10.7. The molecule has 0 radical (unpaired) electrons. The molecule has 1 N–H and O–H groups in total. The highest BCUT2D eigenvalue weighted by atomic mass is 16.5. The minimum absolute atomic E-state index is 0.358. The van der Waals surface area contributed by atoms with Crippen LogP contribution in [-0.4, -0.2) is 30.6 Å². The molecule has 0 bridgehead atoms. The lowest BCUT2D eigenvalue weighted by atomic mass is 10.2. The Morgan fingerprint density at radius 2 is 2.19 bits per heavy atom. The van der Waals surface area contributed by atoms with Gasteiger partial charge in [0.1, 0.15) is 11.5 Å². The van der Waals surface area contributed by atoms with Gasteiger partial charge in [-0.2, -0.15) is 0 Å². The zero-order valence-electron chi connectivity index (χ0n) is 8.80. The summed E-state index contributed by atoms with van der Waals surface area (Å²) in [6.07, 6.45) is 0.673. The maximum Gasteiger partial charge on any atom is 0.341 e. The SMILES string of the molecule is CCOc1cc(OCC(=O)O)ccc1C=O. The van der Waals surface area contributed by atoms with Gasteiger partial charge in [0.25, 0.3) is 0 Å². The largest absolute Gasteiger partial charge is 0.493 e. The van der Waals surface area contributed by atoms with Crippen LogP contribution < -0.4 is 9.47 Å². The number of ether oxygens (including phenoxy) is 2. The molecule has 86 valence electrons. The number of aliphatic carboxylic acids is 1. The zero-order valence-corrected chi connectivity index (χ0v) is 8.80. The summed E-state index contributed by atoms with van der Waals surface area (Å²) in [5.74, 6) is -0.311. The summed E-state index contributed by atoms with van der Waals surface area (Å²) in [4.78, 5) is 21.0. The lowest BCUT2D eigenvalue weighted by Crippen LogP contribution is -2.09. The van der Waals surface area contributed by atoms with Crippen LogP contribution in [0.2, 0.25) is 0 Å². The molecule has 5 heteroatoms. The molecule has 1 aromatic carbocycles. The van der Waals surface area contributed by atoms with E-state index in [4.69, 9.17) is 14.6 Å². The van der Waals surface area contributed by atoms with Crippen molar-refractivity contribution in [2.45, 2.75) is 6.92 Å². The minimum Gasteiger partial charge on any atom is -0.493 e. The Balaban J connectivity index is 2.83. The number of hydrogen-bond donors (Lipinski definition) is 1. The molecule has 0 saturated heterocycles. The van der Waals surface area contributed by atoms with E-state index < -0.39 is 12.6 Å². The van der Waals surface area contributed by atoms with Crippen molar-refractivity contribution in [2.24, 2.45) is 0 Å². The fourth-order valence-electron chi connectivity index (χ4n) is 1.13. The molecule has 0 unspecified atom stereocenters. The third kappa shape index (κ3) is 3.27. The second-order valence-electron chi connectivity index (χ2n) is 2.93. The summed E-state index contributed by atoms with van der Waals surface area (Å²) < 4.78 is 10.2. The van der Waals surface area contributed by atoms with Crippen molar-refractivity contribution in [1.29, 1.82) is 0 Å². The molecule has 0 amide bonds. The average Bonchev–Trinajstić information content (AvgIpc) is 2.27. The van der Waals surface area contributed by atoms with Crippen molar-refractivity contribution < 1.29 is 24.2 Å². The summed E-state index contributed by atoms with van der Waals surface area (Å²) in [6.45, 7) is 1.79. The van der Waals surface area contributed by atoms with Gasteiger partial charge in [0.2, 0.25) is 0 Å². The molecule has 0 atom stereocenters. The van der Waals surface area contributed by atoms with Crippen LogP contribution in [0, 0.1) is 0 Å². The molecule has 1 rings (SSSR count). The fraction of sp³-hybridized carbons (Fsp3) is 0.273. The lowest BCUT2D eigenvalue weighted by molar-refractivity contribution is -0.139. The van der Waals surface area contributed by atoms with Crippen LogP contribution in [0.15, 0.2) is 18.2 Å². The predicted octanol–water partition coefficient (Wildman–Crippen LogP) is 1.36. The van der Waals surface area contributed by atoms with Gasteiger partial charge in [-0.1, -0.05) is 0 Å². The van der Waals surface area contributed by atoms with Gasteiger partial charge in [-0.15, -0.1) is 0 Å². The van der Waals surface area contributed by atoms with E-state index in [0.717, 1.165) is 0 Å². The highest BCUT2D eigenvalue weighted by molar-refractivity contribution is 5.79. The first kappa shape index (κ1) is 12.0. The number of hydrogen-bond acceptors (Lipinski definition) is 4. The Hall–Kier alpha value is -2.04. The van der Waals surface area contributed by atoms with Crippen molar-refractivity contribution in [1.82, 2.24) is 0 Å². The van der Waals surface area contributed by atoms with Crippen LogP contribution in [-0.2, 0) is 4.79 Å². The summed E-state index contributed by atoms with van der Waals surface area (Å²) in [5, 5.41) is 8.44. The molecule has 0 fully saturated rings. The summed E-state index contributed by atoms with van der Waals surface area (Å²) in [5.41, 5.74) is 0.407. The van der Waals surface area contributed by atoms with Gasteiger partial charge >= 0.3 is 5.97 Å². The number of rotatable bonds is 6. The van der Waals surface area contributed by atoms with Crippen LogP contribution in [0.25, 0.3) is 0 Å². The van der Waals surface area contributed by atoms with Crippen LogP contribution in [0.1, 0.15) is 17.3 Å². The Bertz CT molecular complexity index is 386. The van der Waals surface area contributed by atoms with E-state index in [0.29, 0.717) is 30.0 Å². The van der Waals surface area contributed by atoms with Crippen LogP contribution >= 0.6 is 0 Å². The van der Waals surface area contributed by atoms with Crippen molar-refractivity contribution in [3.63, 3.8) is 0 Å². The number of benzene rings is 1. The number of carboxylic acid groups (broad SMARTS) is 1. The number of aldehydes is 1. The molecule has 0 saturated carbocycles. The Labute approximate surface area is 92.6 Å². The third-order valence-corrected chi connectivity index (χ3v) is 1.77. The highest BCUT2D eigenvalue weighted by Gasteiger charge is 2.06. The minimum atomic E-state index is -1.06. The van der Waals surface area contributed by atoms with E-state index in [2.05, 4.69) is 0 Å². The summed E-state index contributed by atoms with van der Waals surface area (Å²) in [7, 11) is 0. The van der Waals surface area contributed by atoms with E-state index in [1.165, 1.54) is 18.2 Å². The third-order valence-electron chi connectivity index (χ3n) is 1.77. The van der Waals surface area contributed by atoms with Gasteiger partial charge in [0.05, 0.1) is 12.2 Å². The molecule has 0 aliphatic rings. The number of carbonyl (C=O) groups is 2. The molecule has 1 aromatic rings. The van der Waals surface area contributed by atoms with Crippen molar-refractivity contribution in [3.8, 4) is 11.5 Å². The second-order valence-corrected chi connectivity index (χ2v) is 2.93. The molecular formula is C11H12O5. The Morgan fingerprint density at radius 1 is 1.44 bits per heavy atom. The smallest absolute Gasteiger partial charge is 0.341 e. The molecule has 0 spiro atoms. The van der Waals surface area contributed by atoms with Crippen LogP contribution in [0.4, 0.5) is 0 Å².